The lowest BCUT2D eigenvalue weighted by molar-refractivity contribution is 0.625. The van der Waals surface area contributed by atoms with Gasteiger partial charge < -0.3 is 0 Å². The Balaban J connectivity index is 1.67. The van der Waals surface area contributed by atoms with Crippen molar-refractivity contribution in [3.8, 4) is 22.3 Å². The molecule has 0 nitrogen and oxygen atoms in total. The van der Waals surface area contributed by atoms with Crippen LogP contribution >= 0.6 is 0 Å². The first-order valence-corrected chi connectivity index (χ1v) is 9.33. The molecule has 0 N–H and O–H groups in total. The van der Waals surface area contributed by atoms with Crippen LogP contribution in [0.15, 0.2) is 91.5 Å². The van der Waals surface area contributed by atoms with E-state index in [9.17, 15) is 8.78 Å². The minimum absolute atomic E-state index is 0.358. The largest absolute Gasteiger partial charge is 0.207 e. The molecule has 0 radical (unpaired) electrons. The SMILES string of the molecule is C=CCCc1ccc2cc(-c3ccc(-c4cccc(F)c4)c(F)c3)ccc2c1. The number of aryl methyl sites for hydroxylation is 1. The monoisotopic (exact) mass is 370 g/mol. The van der Waals surface area contributed by atoms with Crippen LogP contribution in [-0.4, -0.2) is 0 Å². The van der Waals surface area contributed by atoms with Crippen LogP contribution in [0.1, 0.15) is 12.0 Å². The molecule has 0 bridgehead atoms. The first kappa shape index (κ1) is 18.1. The van der Waals surface area contributed by atoms with E-state index in [0.29, 0.717) is 11.1 Å². The molecule has 4 aromatic carbocycles. The van der Waals surface area contributed by atoms with Crippen molar-refractivity contribution in [2.24, 2.45) is 0 Å². The lowest BCUT2D eigenvalue weighted by Gasteiger charge is -2.09. The van der Waals surface area contributed by atoms with E-state index in [2.05, 4.69) is 36.9 Å². The number of benzene rings is 4. The van der Waals surface area contributed by atoms with Crippen molar-refractivity contribution >= 4 is 10.8 Å². The third-order valence-electron chi connectivity index (χ3n) is 4.98. The van der Waals surface area contributed by atoms with Gasteiger partial charge in [0.2, 0.25) is 0 Å². The maximum atomic E-state index is 14.7. The molecule has 0 atom stereocenters. The lowest BCUT2D eigenvalue weighted by atomic mass is 9.96. The summed E-state index contributed by atoms with van der Waals surface area (Å²) in [5.74, 6) is -0.731. The summed E-state index contributed by atoms with van der Waals surface area (Å²) in [6, 6.07) is 23.7. The Hall–Kier alpha value is -3.26. The predicted molar refractivity (Wildman–Crippen MR) is 113 cm³/mol. The molecule has 0 aliphatic carbocycles. The molecule has 0 heterocycles. The van der Waals surface area contributed by atoms with Crippen LogP contribution in [0, 0.1) is 11.6 Å². The Morgan fingerprint density at radius 3 is 2.25 bits per heavy atom. The van der Waals surface area contributed by atoms with Gasteiger partial charge in [-0.25, -0.2) is 8.78 Å². The van der Waals surface area contributed by atoms with Crippen LogP contribution in [0.3, 0.4) is 0 Å². The second-order valence-corrected chi connectivity index (χ2v) is 6.93. The average molecular weight is 370 g/mol. The van der Waals surface area contributed by atoms with Crippen molar-refractivity contribution in [1.29, 1.82) is 0 Å². The number of rotatable bonds is 5. The van der Waals surface area contributed by atoms with Crippen LogP contribution in [0.5, 0.6) is 0 Å². The van der Waals surface area contributed by atoms with Crippen molar-refractivity contribution < 1.29 is 8.78 Å². The zero-order valence-corrected chi connectivity index (χ0v) is 15.5. The first-order chi connectivity index (χ1) is 13.6. The quantitative estimate of drug-likeness (QED) is 0.318. The van der Waals surface area contributed by atoms with Crippen LogP contribution in [0.4, 0.5) is 8.78 Å². The minimum Gasteiger partial charge on any atom is -0.207 e. The highest BCUT2D eigenvalue weighted by atomic mass is 19.1. The second kappa shape index (κ2) is 7.77. The number of hydrogen-bond donors (Lipinski definition) is 0. The van der Waals surface area contributed by atoms with E-state index in [-0.39, 0.29) is 11.6 Å². The maximum Gasteiger partial charge on any atom is 0.131 e. The zero-order valence-electron chi connectivity index (χ0n) is 15.5. The Morgan fingerprint density at radius 1 is 0.714 bits per heavy atom. The molecule has 4 aromatic rings. The van der Waals surface area contributed by atoms with Gasteiger partial charge in [-0.05, 0) is 70.1 Å². The van der Waals surface area contributed by atoms with Crippen LogP contribution in [0.25, 0.3) is 33.0 Å². The number of fused-ring (bicyclic) bond motifs is 1. The Bertz CT molecular complexity index is 1160. The van der Waals surface area contributed by atoms with Gasteiger partial charge >= 0.3 is 0 Å². The van der Waals surface area contributed by atoms with E-state index in [0.717, 1.165) is 29.4 Å². The van der Waals surface area contributed by atoms with Gasteiger partial charge in [-0.3, -0.25) is 0 Å². The second-order valence-electron chi connectivity index (χ2n) is 6.93. The van der Waals surface area contributed by atoms with Crippen molar-refractivity contribution in [3.05, 3.63) is 109 Å². The first-order valence-electron chi connectivity index (χ1n) is 9.33. The van der Waals surface area contributed by atoms with Crippen molar-refractivity contribution in [1.82, 2.24) is 0 Å². The fourth-order valence-electron chi connectivity index (χ4n) is 3.48. The van der Waals surface area contributed by atoms with E-state index in [4.69, 9.17) is 0 Å². The number of allylic oxidation sites excluding steroid dienone is 1. The molecule has 0 amide bonds. The Morgan fingerprint density at radius 2 is 1.46 bits per heavy atom. The van der Waals surface area contributed by atoms with Crippen molar-refractivity contribution in [3.63, 3.8) is 0 Å². The summed E-state index contributed by atoms with van der Waals surface area (Å²) in [6.07, 6.45) is 3.86. The molecule has 0 unspecified atom stereocenters. The molecule has 0 aliphatic heterocycles. The van der Waals surface area contributed by atoms with Gasteiger partial charge in [0, 0.05) is 5.56 Å². The van der Waals surface area contributed by atoms with E-state index in [1.54, 1.807) is 18.2 Å². The maximum absolute atomic E-state index is 14.7. The highest BCUT2D eigenvalue weighted by Gasteiger charge is 2.09. The van der Waals surface area contributed by atoms with Gasteiger partial charge in [-0.15, -0.1) is 6.58 Å². The summed E-state index contributed by atoms with van der Waals surface area (Å²) in [4.78, 5) is 0. The fourth-order valence-corrected chi connectivity index (χ4v) is 3.48. The molecular weight excluding hydrogens is 350 g/mol. The molecule has 0 aromatic heterocycles. The summed E-state index contributed by atoms with van der Waals surface area (Å²) >= 11 is 0. The summed E-state index contributed by atoms with van der Waals surface area (Å²) in [5.41, 5.74) is 3.97. The van der Waals surface area contributed by atoms with E-state index in [1.807, 2.05) is 18.2 Å². The molecule has 0 saturated heterocycles. The van der Waals surface area contributed by atoms with E-state index in [1.165, 1.54) is 29.1 Å². The highest BCUT2D eigenvalue weighted by molar-refractivity contribution is 5.88. The normalized spacial score (nSPS) is 10.9. The highest BCUT2D eigenvalue weighted by Crippen LogP contribution is 2.30. The van der Waals surface area contributed by atoms with Gasteiger partial charge in [-0.2, -0.15) is 0 Å². The fraction of sp³-hybridized carbons (Fsp3) is 0.0769. The summed E-state index contributed by atoms with van der Waals surface area (Å²) in [5, 5.41) is 2.29. The van der Waals surface area contributed by atoms with Gasteiger partial charge in [-0.1, -0.05) is 60.7 Å². The molecule has 0 aliphatic rings. The van der Waals surface area contributed by atoms with Crippen LogP contribution < -0.4 is 0 Å². The molecular formula is C26H20F2. The molecule has 4 rings (SSSR count). The number of hydrogen-bond acceptors (Lipinski definition) is 0. The third kappa shape index (κ3) is 3.72. The third-order valence-corrected chi connectivity index (χ3v) is 4.98. The van der Waals surface area contributed by atoms with Crippen LogP contribution in [0.2, 0.25) is 0 Å². The molecule has 28 heavy (non-hydrogen) atoms. The topological polar surface area (TPSA) is 0 Å². The molecule has 0 spiro atoms. The summed E-state index contributed by atoms with van der Waals surface area (Å²) in [7, 11) is 0. The minimum atomic E-state index is -0.372. The van der Waals surface area contributed by atoms with Gasteiger partial charge in [0.15, 0.2) is 0 Å². The van der Waals surface area contributed by atoms with Crippen molar-refractivity contribution in [2.45, 2.75) is 12.8 Å². The Kier molecular flexibility index (Phi) is 5.03. The van der Waals surface area contributed by atoms with Gasteiger partial charge in [0.05, 0.1) is 0 Å². The molecule has 0 fully saturated rings. The van der Waals surface area contributed by atoms with Crippen LogP contribution in [-0.2, 0) is 6.42 Å². The molecule has 138 valence electrons. The summed E-state index contributed by atoms with van der Waals surface area (Å²) in [6.45, 7) is 3.77. The van der Waals surface area contributed by atoms with Gasteiger partial charge in [0.25, 0.3) is 0 Å². The van der Waals surface area contributed by atoms with E-state index < -0.39 is 0 Å². The average Bonchev–Trinajstić information content (AvgIpc) is 2.71. The van der Waals surface area contributed by atoms with Gasteiger partial charge in [0.1, 0.15) is 11.6 Å². The standard InChI is InChI=1S/C26H20F2/c1-2-3-5-18-8-9-20-15-21(11-10-19(20)14-18)22-12-13-25(26(28)17-22)23-6-4-7-24(27)16-23/h2,4,6-17H,1,3,5H2. The molecule has 2 heteroatoms. The Labute approximate surface area is 163 Å². The zero-order chi connectivity index (χ0) is 19.5. The number of halogens is 2. The molecule has 0 saturated carbocycles. The summed E-state index contributed by atoms with van der Waals surface area (Å²) < 4.78 is 28.2. The van der Waals surface area contributed by atoms with E-state index >= 15 is 0 Å². The lowest BCUT2D eigenvalue weighted by Crippen LogP contribution is -1.88. The smallest absolute Gasteiger partial charge is 0.131 e. The predicted octanol–water partition coefficient (Wildman–Crippen LogP) is 7.57. The van der Waals surface area contributed by atoms with Crippen molar-refractivity contribution in [2.75, 3.05) is 0 Å².